The number of hydrogen-bond donors (Lipinski definition) is 2. The van der Waals surface area contributed by atoms with Crippen molar-refractivity contribution in [3.63, 3.8) is 0 Å². The Labute approximate surface area is 325 Å². The number of aryl methyl sites for hydroxylation is 2. The summed E-state index contributed by atoms with van der Waals surface area (Å²) in [5.41, 5.74) is 5.76. The van der Waals surface area contributed by atoms with Gasteiger partial charge in [-0.25, -0.2) is 23.7 Å². The first-order valence-electron chi connectivity index (χ1n) is 19.0. The van der Waals surface area contributed by atoms with Gasteiger partial charge >= 0.3 is 0 Å². The molecule has 7 heterocycles. The van der Waals surface area contributed by atoms with Gasteiger partial charge in [0.15, 0.2) is 23.0 Å². The Hall–Kier alpha value is -6.53. The monoisotopic (exact) mass is 761 g/mol. The molecule has 0 radical (unpaired) electrons. The molecule has 0 amide bonds. The summed E-state index contributed by atoms with van der Waals surface area (Å²) in [6, 6.07) is 13.6. The molecule has 2 N–H and O–H groups in total. The zero-order chi connectivity index (χ0) is 39.0. The number of fused-ring (bicyclic) bond motifs is 7. The molecule has 1 atom stereocenters. The molecule has 12 heteroatoms. The van der Waals surface area contributed by atoms with Crippen LogP contribution in [0.5, 0.6) is 0 Å². The van der Waals surface area contributed by atoms with Crippen LogP contribution in [0.2, 0.25) is 0 Å². The van der Waals surface area contributed by atoms with Gasteiger partial charge in [-0.1, -0.05) is 17.3 Å². The molecule has 0 spiro atoms. The number of aromatic amines is 1. The first-order chi connectivity index (χ1) is 27.7. The molecule has 8 bridgehead atoms. The summed E-state index contributed by atoms with van der Waals surface area (Å²) in [5.74, 6) is -1.33. The predicted molar refractivity (Wildman–Crippen MR) is 214 cm³/mol. The zero-order valence-electron chi connectivity index (χ0n) is 31.4. The molecule has 5 aromatic rings. The highest BCUT2D eigenvalue weighted by Gasteiger charge is 2.51. The van der Waals surface area contributed by atoms with Gasteiger partial charge in [0.1, 0.15) is 11.6 Å². The fourth-order valence-corrected chi connectivity index (χ4v) is 8.85. The van der Waals surface area contributed by atoms with Crippen molar-refractivity contribution >= 4 is 46.0 Å². The lowest BCUT2D eigenvalue weighted by Gasteiger charge is -2.35. The van der Waals surface area contributed by atoms with Crippen molar-refractivity contribution in [2.75, 3.05) is 7.11 Å². The number of allylic oxidation sites excluding steroid dienone is 5. The standard InChI is InChI=1S/C45H37F2N7O3/c1-24-42(25(2)57-53-24)26-4-17-40-39(18-26)51-44(54(40)34-11-13-35(56-3)14-12-34)43-38-16-10-32(50-38)21-30-7-6-28(48-30)20-29-8-9-31(49-29)22-33-23-41(55)45(43,52-33)27-5-15-36(46)37(47)19-27/h4-10,15-23,34-35,48,52H,11-14H2,1-3H3/t34?,35?,45-/m1/s1. The molecule has 10 nitrogen and oxygen atoms in total. The van der Waals surface area contributed by atoms with E-state index in [9.17, 15) is 4.39 Å². The smallest absolute Gasteiger partial charge is 0.192 e. The van der Waals surface area contributed by atoms with Gasteiger partial charge in [0.05, 0.1) is 51.2 Å². The third kappa shape index (κ3) is 5.81. The van der Waals surface area contributed by atoms with Crippen LogP contribution in [0, 0.1) is 25.5 Å². The van der Waals surface area contributed by atoms with Crippen LogP contribution in [0.1, 0.15) is 54.6 Å². The number of ketones is 1. The molecule has 284 valence electrons. The van der Waals surface area contributed by atoms with Gasteiger partial charge in [0, 0.05) is 41.2 Å². The molecular weight excluding hydrogens is 725 g/mol. The maximum absolute atomic E-state index is 15.5. The lowest BCUT2D eigenvalue weighted by molar-refractivity contribution is -0.117. The van der Waals surface area contributed by atoms with Gasteiger partial charge in [-0.15, -0.1) is 0 Å². The normalized spacial score (nSPS) is 22.6. The number of H-pyrrole nitrogens is 1. The van der Waals surface area contributed by atoms with Crippen molar-refractivity contribution < 1.29 is 22.8 Å². The minimum atomic E-state index is -1.79. The van der Waals surface area contributed by atoms with E-state index in [4.69, 9.17) is 24.2 Å². The van der Waals surface area contributed by atoms with Crippen molar-refractivity contribution in [3.05, 3.63) is 147 Å². The lowest BCUT2D eigenvalue weighted by Crippen LogP contribution is -2.46. The van der Waals surface area contributed by atoms with Crippen LogP contribution in [-0.2, 0) is 15.1 Å². The maximum Gasteiger partial charge on any atom is 0.192 e. The molecule has 1 aliphatic carbocycles. The minimum absolute atomic E-state index is 0.0341. The number of nitrogens with one attached hydrogen (secondary N) is 2. The molecule has 2 aromatic carbocycles. The number of ether oxygens (including phenoxy) is 1. The number of hydrogen-bond acceptors (Lipinski definition) is 8. The summed E-state index contributed by atoms with van der Waals surface area (Å²) in [4.78, 5) is 33.9. The SMILES string of the molecule is COC1CCC(n2c(C3=C4C=CC(=N4)C=c4ccc([nH]4)=CC4=NC(=CC5=CC(=O)[C@@]3(c3ccc(F)c(F)c3)N5)C=C4)nc3cc(-c4c(C)noc4C)ccc32)CC1. The maximum atomic E-state index is 15.5. The summed E-state index contributed by atoms with van der Waals surface area (Å²) in [6.07, 6.45) is 18.0. The molecule has 10 rings (SSSR count). The number of nitrogens with zero attached hydrogens (tertiary/aromatic N) is 5. The van der Waals surface area contributed by atoms with E-state index in [-0.39, 0.29) is 17.7 Å². The summed E-state index contributed by atoms with van der Waals surface area (Å²) in [5, 5.41) is 9.40. The first-order valence-corrected chi connectivity index (χ1v) is 19.0. The summed E-state index contributed by atoms with van der Waals surface area (Å²) >= 11 is 0. The van der Waals surface area contributed by atoms with Crippen LogP contribution in [0.3, 0.4) is 0 Å². The van der Waals surface area contributed by atoms with Crippen LogP contribution in [0.25, 0.3) is 39.9 Å². The topological polar surface area (TPSA) is 123 Å². The van der Waals surface area contributed by atoms with Crippen LogP contribution in [0.4, 0.5) is 8.78 Å². The number of carbonyl (C=O) groups excluding carboxylic acids is 1. The second-order valence-corrected chi connectivity index (χ2v) is 15.1. The van der Waals surface area contributed by atoms with Gasteiger partial charge < -0.3 is 24.1 Å². The quantitative estimate of drug-likeness (QED) is 0.201. The number of imidazole rings is 1. The molecule has 1 fully saturated rings. The Morgan fingerprint density at radius 2 is 1.63 bits per heavy atom. The van der Waals surface area contributed by atoms with E-state index < -0.39 is 23.0 Å². The Morgan fingerprint density at radius 3 is 2.37 bits per heavy atom. The fourth-order valence-electron chi connectivity index (χ4n) is 8.85. The number of aliphatic imine (C=N–C) groups is 2. The van der Waals surface area contributed by atoms with Crippen molar-refractivity contribution in [1.82, 2.24) is 25.0 Å². The minimum Gasteiger partial charge on any atom is -0.381 e. The average molecular weight is 762 g/mol. The van der Waals surface area contributed by atoms with Crippen LogP contribution >= 0.6 is 0 Å². The first kappa shape index (κ1) is 34.9. The van der Waals surface area contributed by atoms with Crippen molar-refractivity contribution in [2.24, 2.45) is 9.98 Å². The number of halogens is 2. The van der Waals surface area contributed by atoms with E-state index in [1.54, 1.807) is 13.2 Å². The Bertz CT molecular complexity index is 2890. The highest BCUT2D eigenvalue weighted by molar-refractivity contribution is 6.21. The molecule has 0 unspecified atom stereocenters. The molecule has 3 aromatic heterocycles. The van der Waals surface area contributed by atoms with Crippen molar-refractivity contribution in [3.8, 4) is 11.1 Å². The highest BCUT2D eigenvalue weighted by atomic mass is 19.2. The van der Waals surface area contributed by atoms with Gasteiger partial charge in [-0.2, -0.15) is 0 Å². The second kappa shape index (κ2) is 13.3. The largest absolute Gasteiger partial charge is 0.381 e. The van der Waals surface area contributed by atoms with Crippen LogP contribution in [-0.4, -0.2) is 50.1 Å². The van der Waals surface area contributed by atoms with E-state index >= 15 is 9.18 Å². The van der Waals surface area contributed by atoms with Crippen molar-refractivity contribution in [2.45, 2.75) is 57.2 Å². The molecule has 5 aliphatic rings. The number of carbonyl (C=O) groups is 1. The second-order valence-electron chi connectivity index (χ2n) is 15.1. The summed E-state index contributed by atoms with van der Waals surface area (Å²) in [6.45, 7) is 3.78. The molecular formula is C45H37F2N7O3. The Kier molecular flexibility index (Phi) is 8.15. The molecule has 1 saturated carbocycles. The number of rotatable bonds is 5. The van der Waals surface area contributed by atoms with Gasteiger partial charge in [0.25, 0.3) is 0 Å². The van der Waals surface area contributed by atoms with E-state index in [1.165, 1.54) is 12.1 Å². The van der Waals surface area contributed by atoms with Gasteiger partial charge in [-0.05, 0) is 130 Å². The summed E-state index contributed by atoms with van der Waals surface area (Å²) < 4.78 is 43.8. The third-order valence-electron chi connectivity index (χ3n) is 11.5. The number of benzene rings is 2. The predicted octanol–water partition coefficient (Wildman–Crippen LogP) is 6.89. The summed E-state index contributed by atoms with van der Waals surface area (Å²) in [7, 11) is 1.74. The van der Waals surface area contributed by atoms with Crippen LogP contribution in [0.15, 0.2) is 117 Å². The molecule has 57 heavy (non-hydrogen) atoms. The van der Waals surface area contributed by atoms with E-state index in [1.807, 2.05) is 80.6 Å². The third-order valence-corrected chi connectivity index (χ3v) is 11.5. The molecule has 0 saturated heterocycles. The zero-order valence-corrected chi connectivity index (χ0v) is 31.4. The van der Waals surface area contributed by atoms with Gasteiger partial charge in [0.2, 0.25) is 0 Å². The highest BCUT2D eigenvalue weighted by Crippen LogP contribution is 2.48. The number of aromatic nitrogens is 4. The fraction of sp³-hybridized carbons (Fsp3) is 0.222. The van der Waals surface area contributed by atoms with E-state index in [0.29, 0.717) is 45.5 Å². The Morgan fingerprint density at radius 1 is 0.860 bits per heavy atom. The average Bonchev–Trinajstić information content (AvgIpc) is 4.07. The number of methoxy groups -OCH3 is 1. The molecule has 4 aliphatic heterocycles. The van der Waals surface area contributed by atoms with Crippen molar-refractivity contribution in [1.29, 1.82) is 0 Å². The van der Waals surface area contributed by atoms with E-state index in [2.05, 4.69) is 20.0 Å². The van der Waals surface area contributed by atoms with E-state index in [0.717, 1.165) is 76.6 Å². The van der Waals surface area contributed by atoms with Gasteiger partial charge in [-0.3, -0.25) is 4.79 Å². The Balaban J connectivity index is 1.29. The lowest BCUT2D eigenvalue weighted by atomic mass is 9.78. The van der Waals surface area contributed by atoms with Crippen LogP contribution < -0.4 is 16.0 Å².